The second-order valence-electron chi connectivity index (χ2n) is 1.19. The van der Waals surface area contributed by atoms with Crippen LogP contribution in [0.3, 0.4) is 0 Å². The van der Waals surface area contributed by atoms with E-state index in [1.165, 1.54) is 0 Å². The first-order valence-corrected chi connectivity index (χ1v) is 2.37. The number of amidine groups is 1. The molecular weight excluding hydrogens is 88.1 g/mol. The standard InChI is InChI=1S/C5H10N2/c1-3-5(6)7-4-2/h4,6H,3H2,1-2H3/b6-5?,7-4+. The molecule has 0 saturated carbocycles. The summed E-state index contributed by atoms with van der Waals surface area (Å²) in [6, 6.07) is 0. The molecule has 0 aromatic heterocycles. The molecule has 0 aliphatic carbocycles. The van der Waals surface area contributed by atoms with Gasteiger partial charge in [0.05, 0.1) is 0 Å². The maximum Gasteiger partial charge on any atom is 0.119 e. The van der Waals surface area contributed by atoms with Gasteiger partial charge in [-0.15, -0.1) is 0 Å². The number of nitrogens with zero attached hydrogens (tertiary/aromatic N) is 1. The third-order valence-corrected chi connectivity index (χ3v) is 0.620. The number of rotatable bonds is 1. The lowest BCUT2D eigenvalue weighted by molar-refractivity contribution is 1.21. The summed E-state index contributed by atoms with van der Waals surface area (Å²) >= 11 is 0. The van der Waals surface area contributed by atoms with Gasteiger partial charge >= 0.3 is 0 Å². The van der Waals surface area contributed by atoms with E-state index in [-0.39, 0.29) is 0 Å². The average molecular weight is 98.1 g/mol. The Bertz CT molecular complexity index is 84.1. The van der Waals surface area contributed by atoms with Crippen LogP contribution in [0.1, 0.15) is 20.3 Å². The van der Waals surface area contributed by atoms with Crippen LogP contribution in [0, 0.1) is 5.41 Å². The molecule has 0 unspecified atom stereocenters. The molecule has 0 aliphatic heterocycles. The minimum absolute atomic E-state index is 0.447. The fourth-order valence-electron chi connectivity index (χ4n) is 0.247. The van der Waals surface area contributed by atoms with Crippen molar-refractivity contribution in [3.63, 3.8) is 0 Å². The first-order chi connectivity index (χ1) is 3.31. The van der Waals surface area contributed by atoms with Crippen LogP contribution in [0.15, 0.2) is 4.99 Å². The van der Waals surface area contributed by atoms with Crippen molar-refractivity contribution < 1.29 is 0 Å². The number of hydrogen-bond donors (Lipinski definition) is 1. The van der Waals surface area contributed by atoms with Crippen LogP contribution in [-0.4, -0.2) is 12.1 Å². The van der Waals surface area contributed by atoms with E-state index >= 15 is 0 Å². The second-order valence-corrected chi connectivity index (χ2v) is 1.19. The summed E-state index contributed by atoms with van der Waals surface area (Å²) in [5, 5.41) is 6.94. The molecule has 0 spiro atoms. The largest absolute Gasteiger partial charge is 0.287 e. The van der Waals surface area contributed by atoms with Gasteiger partial charge in [-0.05, 0) is 6.92 Å². The highest BCUT2D eigenvalue weighted by molar-refractivity contribution is 5.86. The Labute approximate surface area is 43.8 Å². The topological polar surface area (TPSA) is 36.2 Å². The van der Waals surface area contributed by atoms with Crippen LogP contribution in [-0.2, 0) is 0 Å². The molecule has 0 radical (unpaired) electrons. The third-order valence-electron chi connectivity index (χ3n) is 0.620. The Morgan fingerprint density at radius 3 is 2.57 bits per heavy atom. The monoisotopic (exact) mass is 98.1 g/mol. The molecule has 2 nitrogen and oxygen atoms in total. The first-order valence-electron chi connectivity index (χ1n) is 2.37. The van der Waals surface area contributed by atoms with Gasteiger partial charge in [-0.3, -0.25) is 5.41 Å². The van der Waals surface area contributed by atoms with Gasteiger partial charge in [0.25, 0.3) is 0 Å². The molecule has 7 heavy (non-hydrogen) atoms. The fraction of sp³-hybridized carbons (Fsp3) is 0.600. The Balaban J connectivity index is 3.37. The highest BCUT2D eigenvalue weighted by Crippen LogP contribution is 1.79. The van der Waals surface area contributed by atoms with Crippen molar-refractivity contribution >= 4 is 12.1 Å². The smallest absolute Gasteiger partial charge is 0.119 e. The van der Waals surface area contributed by atoms with Crippen molar-refractivity contribution in [1.82, 2.24) is 0 Å². The summed E-state index contributed by atoms with van der Waals surface area (Å²) in [6.45, 7) is 3.72. The van der Waals surface area contributed by atoms with Crippen LogP contribution < -0.4 is 0 Å². The molecule has 0 atom stereocenters. The van der Waals surface area contributed by atoms with Gasteiger partial charge in [0.2, 0.25) is 0 Å². The minimum atomic E-state index is 0.447. The van der Waals surface area contributed by atoms with Crippen molar-refractivity contribution in [2.45, 2.75) is 20.3 Å². The molecule has 0 heterocycles. The maximum atomic E-state index is 6.94. The maximum absolute atomic E-state index is 6.94. The Morgan fingerprint density at radius 1 is 1.86 bits per heavy atom. The average Bonchev–Trinajstić information content (AvgIpc) is 1.68. The zero-order valence-electron chi connectivity index (χ0n) is 4.73. The fourth-order valence-corrected chi connectivity index (χ4v) is 0.247. The molecule has 2 heteroatoms. The summed E-state index contributed by atoms with van der Waals surface area (Å²) in [5.74, 6) is 0.447. The van der Waals surface area contributed by atoms with Gasteiger partial charge in [-0.2, -0.15) is 0 Å². The summed E-state index contributed by atoms with van der Waals surface area (Å²) < 4.78 is 0. The summed E-state index contributed by atoms with van der Waals surface area (Å²) in [6.07, 6.45) is 2.36. The van der Waals surface area contributed by atoms with Crippen molar-refractivity contribution in [3.05, 3.63) is 0 Å². The molecule has 0 rings (SSSR count). The molecule has 0 fully saturated rings. The SMILES string of the molecule is C/C=N/C(=N)CC. The summed E-state index contributed by atoms with van der Waals surface area (Å²) in [5.41, 5.74) is 0. The second kappa shape index (κ2) is 3.53. The van der Waals surface area contributed by atoms with Crippen LogP contribution in [0.5, 0.6) is 0 Å². The van der Waals surface area contributed by atoms with Gasteiger partial charge in [0.15, 0.2) is 0 Å². The van der Waals surface area contributed by atoms with E-state index in [1.807, 2.05) is 13.8 Å². The Hall–Kier alpha value is -0.660. The van der Waals surface area contributed by atoms with Crippen LogP contribution in [0.25, 0.3) is 0 Å². The lowest BCUT2D eigenvalue weighted by atomic mass is 10.5. The van der Waals surface area contributed by atoms with Gasteiger partial charge in [0.1, 0.15) is 5.84 Å². The van der Waals surface area contributed by atoms with Gasteiger partial charge < -0.3 is 0 Å². The van der Waals surface area contributed by atoms with Crippen molar-refractivity contribution in [2.24, 2.45) is 4.99 Å². The Morgan fingerprint density at radius 2 is 2.43 bits per heavy atom. The summed E-state index contributed by atoms with van der Waals surface area (Å²) in [4.78, 5) is 3.70. The zero-order chi connectivity index (χ0) is 5.70. The van der Waals surface area contributed by atoms with E-state index in [0.29, 0.717) is 5.84 Å². The molecule has 40 valence electrons. The van der Waals surface area contributed by atoms with E-state index in [0.717, 1.165) is 6.42 Å². The van der Waals surface area contributed by atoms with Gasteiger partial charge in [-0.1, -0.05) is 6.92 Å². The molecule has 0 saturated heterocycles. The van der Waals surface area contributed by atoms with Crippen molar-refractivity contribution in [1.29, 1.82) is 5.41 Å². The highest BCUT2D eigenvalue weighted by atomic mass is 14.8. The van der Waals surface area contributed by atoms with Crippen molar-refractivity contribution in [3.8, 4) is 0 Å². The lowest BCUT2D eigenvalue weighted by Gasteiger charge is -1.83. The number of hydrogen-bond acceptors (Lipinski definition) is 1. The van der Waals surface area contributed by atoms with Crippen LogP contribution >= 0.6 is 0 Å². The molecule has 0 aromatic carbocycles. The molecule has 0 amide bonds. The zero-order valence-corrected chi connectivity index (χ0v) is 4.73. The van der Waals surface area contributed by atoms with Gasteiger partial charge in [0, 0.05) is 12.6 Å². The van der Waals surface area contributed by atoms with Crippen LogP contribution in [0.4, 0.5) is 0 Å². The molecule has 1 N–H and O–H groups in total. The quantitative estimate of drug-likeness (QED) is 0.381. The van der Waals surface area contributed by atoms with E-state index < -0.39 is 0 Å². The highest BCUT2D eigenvalue weighted by Gasteiger charge is 1.79. The predicted molar refractivity (Wildman–Crippen MR) is 32.2 cm³/mol. The normalized spacial score (nSPS) is 10.0. The van der Waals surface area contributed by atoms with E-state index in [4.69, 9.17) is 5.41 Å². The minimum Gasteiger partial charge on any atom is -0.287 e. The van der Waals surface area contributed by atoms with E-state index in [1.54, 1.807) is 6.21 Å². The lowest BCUT2D eigenvalue weighted by Crippen LogP contribution is -1.85. The predicted octanol–water partition coefficient (Wildman–Crippen LogP) is 1.46. The van der Waals surface area contributed by atoms with Crippen LogP contribution in [0.2, 0.25) is 0 Å². The third kappa shape index (κ3) is 3.16. The number of nitrogens with one attached hydrogen (secondary N) is 1. The molecule has 0 aromatic rings. The van der Waals surface area contributed by atoms with E-state index in [2.05, 4.69) is 4.99 Å². The Kier molecular flexibility index (Phi) is 3.19. The van der Waals surface area contributed by atoms with E-state index in [9.17, 15) is 0 Å². The van der Waals surface area contributed by atoms with Gasteiger partial charge in [-0.25, -0.2) is 4.99 Å². The molecule has 0 bridgehead atoms. The number of aliphatic imine (C=N–C) groups is 1. The summed E-state index contributed by atoms with van der Waals surface area (Å²) in [7, 11) is 0. The van der Waals surface area contributed by atoms with Crippen molar-refractivity contribution in [2.75, 3.05) is 0 Å². The molecule has 0 aliphatic rings. The first kappa shape index (κ1) is 6.34. The molecular formula is C5H10N2.